The molecular weight excluding hydrogens is 462 g/mol. The van der Waals surface area contributed by atoms with Crippen LogP contribution in [0.15, 0.2) is 30.5 Å². The van der Waals surface area contributed by atoms with E-state index in [0.29, 0.717) is 37.2 Å². The number of nitrogens with zero attached hydrogens (tertiary/aromatic N) is 3. The van der Waals surface area contributed by atoms with Gasteiger partial charge in [0.1, 0.15) is 6.04 Å². The molecule has 2 aromatic rings. The molecule has 0 fully saturated rings. The van der Waals surface area contributed by atoms with Crippen LogP contribution in [0.5, 0.6) is 0 Å². The molecule has 0 spiro atoms. The molecule has 0 aliphatic carbocycles. The predicted molar refractivity (Wildman–Crippen MR) is 137 cm³/mol. The molecule has 2 rings (SSSR count). The molecule has 1 heterocycles. The van der Waals surface area contributed by atoms with E-state index in [1.807, 2.05) is 13.8 Å². The van der Waals surface area contributed by atoms with Crippen molar-refractivity contribution in [2.24, 2.45) is 23.3 Å². The number of carbonyl (C=O) groups is 3. The van der Waals surface area contributed by atoms with Crippen LogP contribution in [-0.2, 0) is 16.2 Å². The van der Waals surface area contributed by atoms with Crippen LogP contribution in [0.3, 0.4) is 0 Å². The first kappa shape index (κ1) is 28.8. The number of hydrogen-bond acceptors (Lipinski definition) is 6. The molecule has 1 unspecified atom stereocenters. The van der Waals surface area contributed by atoms with E-state index in [9.17, 15) is 19.5 Å². The summed E-state index contributed by atoms with van der Waals surface area (Å²) in [4.78, 5) is 36.6. The summed E-state index contributed by atoms with van der Waals surface area (Å²) in [5, 5.41) is 23.2. The van der Waals surface area contributed by atoms with E-state index in [2.05, 4.69) is 27.9 Å². The van der Waals surface area contributed by atoms with Gasteiger partial charge in [0.05, 0.1) is 12.3 Å². The first-order valence-electron chi connectivity index (χ1n) is 12.4. The third kappa shape index (κ3) is 8.33. The van der Waals surface area contributed by atoms with Gasteiger partial charge in [-0.2, -0.15) is 0 Å². The molecule has 7 N–H and O–H groups in total. The number of benzene rings is 1. The summed E-state index contributed by atoms with van der Waals surface area (Å²) in [6.07, 6.45) is 5.04. The number of carbonyl (C=O) groups excluding carboxylic acids is 3. The van der Waals surface area contributed by atoms with Crippen molar-refractivity contribution in [3.63, 3.8) is 0 Å². The molecular formula is C25H39N7O4. The number of urea groups is 1. The highest BCUT2D eigenvalue weighted by Crippen LogP contribution is 2.34. The molecule has 0 aliphatic rings. The highest BCUT2D eigenvalue weighted by atomic mass is 16.3. The zero-order valence-corrected chi connectivity index (χ0v) is 21.3. The monoisotopic (exact) mass is 501 g/mol. The summed E-state index contributed by atoms with van der Waals surface area (Å²) in [7, 11) is 0. The van der Waals surface area contributed by atoms with Gasteiger partial charge < -0.3 is 27.2 Å². The van der Waals surface area contributed by atoms with Crippen LogP contribution in [0.2, 0.25) is 0 Å². The van der Waals surface area contributed by atoms with Gasteiger partial charge in [-0.25, -0.2) is 9.48 Å². The van der Waals surface area contributed by atoms with Crippen LogP contribution in [0.4, 0.5) is 10.5 Å². The van der Waals surface area contributed by atoms with Crippen LogP contribution in [0.1, 0.15) is 76.1 Å². The van der Waals surface area contributed by atoms with Gasteiger partial charge in [0, 0.05) is 30.3 Å². The Labute approximate surface area is 212 Å². The summed E-state index contributed by atoms with van der Waals surface area (Å²) in [5.41, 5.74) is 12.8. The second kappa shape index (κ2) is 14.2. The lowest BCUT2D eigenvalue weighted by Crippen LogP contribution is -2.32. The molecule has 0 saturated carbocycles. The lowest BCUT2D eigenvalue weighted by Gasteiger charge is -2.26. The van der Waals surface area contributed by atoms with Gasteiger partial charge in [-0.15, -0.1) is 5.10 Å². The Hall–Kier alpha value is -3.47. The fraction of sp³-hybridized carbons (Fsp3) is 0.560. The van der Waals surface area contributed by atoms with Crippen LogP contribution in [0, 0.1) is 11.8 Å². The zero-order chi connectivity index (χ0) is 26.7. The first-order chi connectivity index (χ1) is 17.2. The molecule has 3 atom stereocenters. The Morgan fingerprint density at radius 2 is 1.78 bits per heavy atom. The van der Waals surface area contributed by atoms with Crippen molar-refractivity contribution in [2.75, 3.05) is 11.9 Å². The third-order valence-electron chi connectivity index (χ3n) is 6.23. The minimum Gasteiger partial charge on any atom is -0.392 e. The number of primary amides is 2. The normalized spacial score (nSPS) is 13.7. The maximum Gasteiger partial charge on any atom is 0.312 e. The van der Waals surface area contributed by atoms with Crippen molar-refractivity contribution in [3.8, 4) is 0 Å². The van der Waals surface area contributed by atoms with Gasteiger partial charge in [-0.3, -0.25) is 9.59 Å². The van der Waals surface area contributed by atoms with E-state index in [4.69, 9.17) is 11.5 Å². The number of hydrogen-bond donors (Lipinski definition) is 5. The number of anilines is 1. The molecule has 0 aliphatic heterocycles. The van der Waals surface area contributed by atoms with Crippen LogP contribution >= 0.6 is 0 Å². The van der Waals surface area contributed by atoms with Crippen molar-refractivity contribution in [2.45, 2.75) is 71.4 Å². The van der Waals surface area contributed by atoms with E-state index in [1.165, 1.54) is 4.68 Å². The number of aromatic nitrogens is 3. The Balaban J connectivity index is 2.30. The maximum absolute atomic E-state index is 13.3. The second-order valence-corrected chi connectivity index (χ2v) is 9.34. The smallest absolute Gasteiger partial charge is 0.312 e. The molecule has 36 heavy (non-hydrogen) atoms. The highest BCUT2D eigenvalue weighted by Gasteiger charge is 2.33. The number of nitrogens with one attached hydrogen (secondary N) is 2. The van der Waals surface area contributed by atoms with Crippen molar-refractivity contribution >= 4 is 23.5 Å². The van der Waals surface area contributed by atoms with E-state index < -0.39 is 12.1 Å². The molecule has 0 radical (unpaired) electrons. The molecule has 0 saturated heterocycles. The summed E-state index contributed by atoms with van der Waals surface area (Å²) < 4.78 is 1.50. The van der Waals surface area contributed by atoms with Gasteiger partial charge in [0.15, 0.2) is 0 Å². The SMILES string of the molecule is CCCCC(C(N)=O)[C@@H](c1cn([C@@H](CCCNC(N)=O)C(=O)Nc2ccc(CO)cc2)nn1)C(C)C. The standard InChI is InChI=1S/C25H39N7O4/c1-4-5-7-19(23(26)34)22(16(2)3)20-14-32(31-30-20)21(8-6-13-28-25(27)36)24(35)29-18-11-9-17(15-33)10-12-18/h9-12,14,16,19,21-22,33H,4-8,13,15H2,1-3H3,(H2,26,34)(H,29,35)(H3,27,28,36)/t19?,21-,22-/m0/s1. The molecule has 1 aromatic heterocycles. The second-order valence-electron chi connectivity index (χ2n) is 9.34. The zero-order valence-electron chi connectivity index (χ0n) is 21.3. The largest absolute Gasteiger partial charge is 0.392 e. The fourth-order valence-corrected chi connectivity index (χ4v) is 4.34. The van der Waals surface area contributed by atoms with Crippen LogP contribution in [-0.4, -0.2) is 44.5 Å². The summed E-state index contributed by atoms with van der Waals surface area (Å²) in [6, 6.07) is 5.52. The van der Waals surface area contributed by atoms with E-state index in [0.717, 1.165) is 18.4 Å². The average Bonchev–Trinajstić information content (AvgIpc) is 3.30. The Bertz CT molecular complexity index is 991. The van der Waals surface area contributed by atoms with E-state index in [-0.39, 0.29) is 36.2 Å². The van der Waals surface area contributed by atoms with Crippen LogP contribution in [0.25, 0.3) is 0 Å². The van der Waals surface area contributed by atoms with Crippen LogP contribution < -0.4 is 22.1 Å². The number of aliphatic hydroxyl groups excluding tert-OH is 1. The molecule has 4 amide bonds. The van der Waals surface area contributed by atoms with Crippen molar-refractivity contribution in [1.29, 1.82) is 0 Å². The summed E-state index contributed by atoms with van der Waals surface area (Å²) in [5.74, 6) is -1.20. The van der Waals surface area contributed by atoms with Gasteiger partial charge in [0.2, 0.25) is 11.8 Å². The highest BCUT2D eigenvalue weighted by molar-refractivity contribution is 5.93. The van der Waals surface area contributed by atoms with Crippen molar-refractivity contribution in [3.05, 3.63) is 41.7 Å². The number of rotatable bonds is 15. The van der Waals surface area contributed by atoms with Gasteiger partial charge in [-0.05, 0) is 42.9 Å². The lowest BCUT2D eigenvalue weighted by molar-refractivity contribution is -0.123. The predicted octanol–water partition coefficient (Wildman–Crippen LogP) is 2.43. The maximum atomic E-state index is 13.3. The third-order valence-corrected chi connectivity index (χ3v) is 6.23. The molecule has 0 bridgehead atoms. The fourth-order valence-electron chi connectivity index (χ4n) is 4.34. The Morgan fingerprint density at radius 1 is 1.08 bits per heavy atom. The topological polar surface area (TPSA) is 178 Å². The lowest BCUT2D eigenvalue weighted by atomic mass is 9.78. The number of amides is 4. The van der Waals surface area contributed by atoms with Crippen molar-refractivity contribution < 1.29 is 19.5 Å². The minimum absolute atomic E-state index is 0.0848. The molecule has 1 aromatic carbocycles. The Kier molecular flexibility index (Phi) is 11.3. The van der Waals surface area contributed by atoms with E-state index in [1.54, 1.807) is 30.5 Å². The number of aliphatic hydroxyl groups is 1. The van der Waals surface area contributed by atoms with Crippen molar-refractivity contribution in [1.82, 2.24) is 20.3 Å². The Morgan fingerprint density at radius 3 is 2.33 bits per heavy atom. The van der Waals surface area contributed by atoms with Gasteiger partial charge in [-0.1, -0.05) is 51.0 Å². The van der Waals surface area contributed by atoms with Gasteiger partial charge in [0.25, 0.3) is 0 Å². The molecule has 198 valence electrons. The molecule has 11 nitrogen and oxygen atoms in total. The summed E-state index contributed by atoms with van der Waals surface area (Å²) in [6.45, 7) is 6.31. The number of nitrogens with two attached hydrogens (primary N) is 2. The molecule has 11 heteroatoms. The first-order valence-corrected chi connectivity index (χ1v) is 12.4. The summed E-state index contributed by atoms with van der Waals surface area (Å²) >= 11 is 0. The quantitative estimate of drug-likeness (QED) is 0.234. The minimum atomic E-state index is -0.714. The van der Waals surface area contributed by atoms with Gasteiger partial charge >= 0.3 is 6.03 Å². The number of unbranched alkanes of at least 4 members (excludes halogenated alkanes) is 1. The van der Waals surface area contributed by atoms with E-state index >= 15 is 0 Å². The average molecular weight is 502 g/mol.